The molecule has 1 heterocycles. The summed E-state index contributed by atoms with van der Waals surface area (Å²) in [6, 6.07) is 12.3. The number of carbonyl (C=O) groups is 1. The van der Waals surface area contributed by atoms with Crippen LogP contribution >= 0.6 is 11.8 Å². The maximum Gasteiger partial charge on any atom is 0.277 e. The molecule has 0 bridgehead atoms. The second-order valence-electron chi connectivity index (χ2n) is 5.32. The Balaban J connectivity index is 1.74. The fourth-order valence-corrected chi connectivity index (χ4v) is 3.06. The summed E-state index contributed by atoms with van der Waals surface area (Å²) < 4.78 is 10.8. The molecule has 0 saturated heterocycles. The van der Waals surface area contributed by atoms with Crippen LogP contribution in [-0.4, -0.2) is 23.3 Å². The largest absolute Gasteiger partial charge is 0.545 e. The van der Waals surface area contributed by atoms with Crippen molar-refractivity contribution in [3.63, 3.8) is 0 Å². The Hall–Kier alpha value is -2.80. The number of thioether (sulfide) groups is 1. The Morgan fingerprint density at radius 2 is 2.08 bits per heavy atom. The van der Waals surface area contributed by atoms with Crippen molar-refractivity contribution in [3.8, 4) is 17.2 Å². The molecule has 0 spiro atoms. The van der Waals surface area contributed by atoms with E-state index in [4.69, 9.17) is 9.15 Å². The first-order chi connectivity index (χ1) is 12.1. The molecule has 6 nitrogen and oxygen atoms in total. The Morgan fingerprint density at radius 1 is 1.24 bits per heavy atom. The minimum Gasteiger partial charge on any atom is -0.545 e. The van der Waals surface area contributed by atoms with Gasteiger partial charge in [-0.25, -0.2) is 0 Å². The van der Waals surface area contributed by atoms with E-state index < -0.39 is 5.97 Å². The van der Waals surface area contributed by atoms with Gasteiger partial charge in [-0.2, -0.15) is 0 Å². The zero-order chi connectivity index (χ0) is 17.8. The smallest absolute Gasteiger partial charge is 0.277 e. The van der Waals surface area contributed by atoms with E-state index in [9.17, 15) is 9.90 Å². The van der Waals surface area contributed by atoms with E-state index in [0.29, 0.717) is 22.6 Å². The lowest BCUT2D eigenvalue weighted by atomic mass is 10.1. The highest BCUT2D eigenvalue weighted by molar-refractivity contribution is 7.98. The molecule has 3 rings (SSSR count). The van der Waals surface area contributed by atoms with Crippen LogP contribution in [0.2, 0.25) is 0 Å². The molecule has 3 aromatic rings. The van der Waals surface area contributed by atoms with Crippen molar-refractivity contribution >= 4 is 17.7 Å². The average Bonchev–Trinajstić information content (AvgIpc) is 3.10. The Bertz CT molecular complexity index is 908. The van der Waals surface area contributed by atoms with Crippen molar-refractivity contribution in [2.24, 2.45) is 0 Å². The first kappa shape index (κ1) is 17.0. The number of aryl methyl sites for hydroxylation is 1. The highest BCUT2D eigenvalue weighted by atomic mass is 32.2. The number of rotatable bonds is 6. The summed E-state index contributed by atoms with van der Waals surface area (Å²) in [6.45, 7) is 1.92. The Kier molecular flexibility index (Phi) is 5.04. The number of ether oxygens (including phenoxy) is 1. The number of aromatic carboxylic acids is 1. The van der Waals surface area contributed by atoms with Gasteiger partial charge in [-0.05, 0) is 47.9 Å². The van der Waals surface area contributed by atoms with Crippen LogP contribution in [0.4, 0.5) is 0 Å². The quantitative estimate of drug-likeness (QED) is 0.628. The third kappa shape index (κ3) is 4.00. The van der Waals surface area contributed by atoms with Gasteiger partial charge in [0, 0.05) is 11.3 Å². The molecule has 25 heavy (non-hydrogen) atoms. The van der Waals surface area contributed by atoms with Gasteiger partial charge < -0.3 is 19.1 Å². The third-order valence-electron chi connectivity index (χ3n) is 3.66. The van der Waals surface area contributed by atoms with E-state index in [1.807, 2.05) is 31.2 Å². The third-order valence-corrected chi connectivity index (χ3v) is 4.53. The van der Waals surface area contributed by atoms with E-state index >= 15 is 0 Å². The normalized spacial score (nSPS) is 10.6. The van der Waals surface area contributed by atoms with Crippen molar-refractivity contribution in [2.45, 2.75) is 17.9 Å². The van der Waals surface area contributed by atoms with E-state index in [-0.39, 0.29) is 5.56 Å². The van der Waals surface area contributed by atoms with Crippen molar-refractivity contribution in [3.05, 3.63) is 59.2 Å². The van der Waals surface area contributed by atoms with Crippen LogP contribution in [0.3, 0.4) is 0 Å². The SMILES string of the molecule is COc1cccc(-c2nnc(SCc3cc(C(=O)[O-])ccc3C)o2)c1. The van der Waals surface area contributed by atoms with Gasteiger partial charge in [-0.1, -0.05) is 30.0 Å². The molecule has 1 aromatic heterocycles. The van der Waals surface area contributed by atoms with Gasteiger partial charge in [-0.15, -0.1) is 10.2 Å². The molecular weight excluding hydrogens is 340 g/mol. The predicted molar refractivity (Wildman–Crippen MR) is 91.4 cm³/mol. The van der Waals surface area contributed by atoms with Crippen LogP contribution in [0, 0.1) is 6.92 Å². The second kappa shape index (κ2) is 7.40. The lowest BCUT2D eigenvalue weighted by Crippen LogP contribution is -2.22. The summed E-state index contributed by atoms with van der Waals surface area (Å²) in [4.78, 5) is 11.0. The molecule has 0 amide bonds. The van der Waals surface area contributed by atoms with Crippen molar-refractivity contribution in [2.75, 3.05) is 7.11 Å². The number of benzene rings is 2. The number of hydrogen-bond donors (Lipinski definition) is 0. The number of methoxy groups -OCH3 is 1. The van der Waals surface area contributed by atoms with Crippen LogP contribution in [0.1, 0.15) is 21.5 Å². The fourth-order valence-electron chi connectivity index (χ4n) is 2.23. The van der Waals surface area contributed by atoms with E-state index in [1.165, 1.54) is 17.8 Å². The van der Waals surface area contributed by atoms with Gasteiger partial charge in [0.05, 0.1) is 13.1 Å². The lowest BCUT2D eigenvalue weighted by Gasteiger charge is -2.08. The van der Waals surface area contributed by atoms with E-state index in [0.717, 1.165) is 16.7 Å². The molecular formula is C18H15N2O4S-. The standard InChI is InChI=1S/C18H16N2O4S/c1-11-6-7-13(17(21)22)8-14(11)10-25-18-20-19-16(24-18)12-4-3-5-15(9-12)23-2/h3-9H,10H2,1-2H3,(H,21,22)/p-1. The molecule has 0 fully saturated rings. The summed E-state index contributed by atoms with van der Waals surface area (Å²) in [6.07, 6.45) is 0. The summed E-state index contributed by atoms with van der Waals surface area (Å²) in [5.74, 6) is 0.442. The molecule has 0 aliphatic rings. The summed E-state index contributed by atoms with van der Waals surface area (Å²) >= 11 is 1.35. The van der Waals surface area contributed by atoms with Crippen molar-refractivity contribution in [1.29, 1.82) is 0 Å². The number of nitrogens with zero attached hydrogens (tertiary/aromatic N) is 2. The average molecular weight is 355 g/mol. The maximum atomic E-state index is 11.0. The van der Waals surface area contributed by atoms with Crippen LogP contribution in [0.5, 0.6) is 5.75 Å². The summed E-state index contributed by atoms with van der Waals surface area (Å²) in [7, 11) is 1.59. The highest BCUT2D eigenvalue weighted by Gasteiger charge is 2.11. The molecule has 7 heteroatoms. The van der Waals surface area contributed by atoms with Gasteiger partial charge in [0.15, 0.2) is 0 Å². The Labute approximate surface area is 148 Å². The number of carboxylic acids is 1. The molecule has 0 aliphatic heterocycles. The van der Waals surface area contributed by atoms with Crippen molar-refractivity contribution < 1.29 is 19.1 Å². The van der Waals surface area contributed by atoms with Gasteiger partial charge in [0.25, 0.3) is 5.22 Å². The Morgan fingerprint density at radius 3 is 2.84 bits per heavy atom. The monoisotopic (exact) mass is 355 g/mol. The fraction of sp³-hybridized carbons (Fsp3) is 0.167. The maximum absolute atomic E-state index is 11.0. The topological polar surface area (TPSA) is 88.3 Å². The molecule has 0 atom stereocenters. The summed E-state index contributed by atoms with van der Waals surface area (Å²) in [5.41, 5.74) is 2.80. The predicted octanol–water partition coefficient (Wildman–Crippen LogP) is 2.71. The zero-order valence-electron chi connectivity index (χ0n) is 13.7. The molecule has 128 valence electrons. The first-order valence-electron chi connectivity index (χ1n) is 7.48. The zero-order valence-corrected chi connectivity index (χ0v) is 14.5. The number of hydrogen-bond acceptors (Lipinski definition) is 7. The molecule has 2 aromatic carbocycles. The number of carbonyl (C=O) groups excluding carboxylic acids is 1. The molecule has 0 N–H and O–H groups in total. The van der Waals surface area contributed by atoms with Gasteiger partial charge in [0.1, 0.15) is 5.75 Å². The molecule has 0 radical (unpaired) electrons. The second-order valence-corrected chi connectivity index (χ2v) is 6.25. The van der Waals surface area contributed by atoms with E-state index in [1.54, 1.807) is 19.2 Å². The van der Waals surface area contributed by atoms with Gasteiger partial charge in [0.2, 0.25) is 5.89 Å². The first-order valence-corrected chi connectivity index (χ1v) is 8.47. The van der Waals surface area contributed by atoms with Crippen LogP contribution in [0.25, 0.3) is 11.5 Å². The van der Waals surface area contributed by atoms with Crippen LogP contribution in [0.15, 0.2) is 52.1 Å². The number of aromatic nitrogens is 2. The van der Waals surface area contributed by atoms with Crippen LogP contribution < -0.4 is 9.84 Å². The van der Waals surface area contributed by atoms with Crippen molar-refractivity contribution in [1.82, 2.24) is 10.2 Å². The summed E-state index contributed by atoms with van der Waals surface area (Å²) in [5, 5.41) is 19.5. The number of carboxylic acid groups (broad SMARTS) is 1. The van der Waals surface area contributed by atoms with Gasteiger partial charge in [-0.3, -0.25) is 0 Å². The van der Waals surface area contributed by atoms with E-state index in [2.05, 4.69) is 10.2 Å². The lowest BCUT2D eigenvalue weighted by molar-refractivity contribution is -0.255. The molecule has 0 aliphatic carbocycles. The van der Waals surface area contributed by atoms with Gasteiger partial charge >= 0.3 is 0 Å². The highest BCUT2D eigenvalue weighted by Crippen LogP contribution is 2.28. The molecule has 0 unspecified atom stereocenters. The minimum atomic E-state index is -1.19. The minimum absolute atomic E-state index is 0.156. The molecule has 0 saturated carbocycles. The van der Waals surface area contributed by atoms with Crippen LogP contribution in [-0.2, 0) is 5.75 Å².